The standard InChI is InChI=1S/C19H23NO5/c1-12(2)17(13-4-5-15-16(10-13)24-9-8-23-15)20-11-14-6-7-25-18(14)19(21)22-3/h4-7,10,12,17,20H,8-9,11H2,1-3H3. The van der Waals surface area contributed by atoms with E-state index in [9.17, 15) is 4.79 Å². The molecule has 0 saturated carbocycles. The Kier molecular flexibility index (Phi) is 5.28. The Bertz CT molecular complexity index is 737. The van der Waals surface area contributed by atoms with Crippen LogP contribution in [0.1, 0.15) is 41.6 Å². The number of rotatable bonds is 6. The maximum absolute atomic E-state index is 11.7. The van der Waals surface area contributed by atoms with Crippen molar-refractivity contribution in [2.45, 2.75) is 26.4 Å². The summed E-state index contributed by atoms with van der Waals surface area (Å²) in [5.74, 6) is 1.66. The largest absolute Gasteiger partial charge is 0.486 e. The van der Waals surface area contributed by atoms with Crippen LogP contribution in [-0.4, -0.2) is 26.3 Å². The highest BCUT2D eigenvalue weighted by atomic mass is 16.6. The molecule has 1 aliphatic heterocycles. The molecule has 1 aromatic heterocycles. The SMILES string of the molecule is COC(=O)c1occc1CNC(c1ccc2c(c1)OCCO2)C(C)C. The molecular formula is C19H23NO5. The molecule has 6 nitrogen and oxygen atoms in total. The third kappa shape index (κ3) is 3.79. The number of ether oxygens (including phenoxy) is 3. The molecule has 0 bridgehead atoms. The van der Waals surface area contributed by atoms with Crippen LogP contribution in [0.15, 0.2) is 34.9 Å². The number of carbonyl (C=O) groups is 1. The summed E-state index contributed by atoms with van der Waals surface area (Å²) in [4.78, 5) is 11.7. The molecule has 1 aliphatic rings. The Labute approximate surface area is 147 Å². The molecule has 1 N–H and O–H groups in total. The third-order valence-electron chi connectivity index (χ3n) is 4.22. The summed E-state index contributed by atoms with van der Waals surface area (Å²) >= 11 is 0. The van der Waals surface area contributed by atoms with Crippen LogP contribution in [0, 0.1) is 5.92 Å². The third-order valence-corrected chi connectivity index (χ3v) is 4.22. The average molecular weight is 345 g/mol. The summed E-state index contributed by atoms with van der Waals surface area (Å²) in [6, 6.07) is 7.88. The van der Waals surface area contributed by atoms with Crippen LogP contribution in [0.3, 0.4) is 0 Å². The van der Waals surface area contributed by atoms with Crippen molar-refractivity contribution < 1.29 is 23.4 Å². The molecule has 0 fully saturated rings. The molecule has 0 amide bonds. The van der Waals surface area contributed by atoms with Gasteiger partial charge in [-0.2, -0.15) is 0 Å². The second kappa shape index (κ2) is 7.61. The normalized spacial score (nSPS) is 14.4. The smallest absolute Gasteiger partial charge is 0.374 e. The first-order valence-corrected chi connectivity index (χ1v) is 8.37. The lowest BCUT2D eigenvalue weighted by Gasteiger charge is -2.25. The topological polar surface area (TPSA) is 69.9 Å². The quantitative estimate of drug-likeness (QED) is 0.810. The number of hydrogen-bond acceptors (Lipinski definition) is 6. The minimum atomic E-state index is -0.470. The van der Waals surface area contributed by atoms with Crippen molar-refractivity contribution in [2.24, 2.45) is 5.92 Å². The first kappa shape index (κ1) is 17.4. The minimum absolute atomic E-state index is 0.0937. The molecule has 1 atom stereocenters. The fraction of sp³-hybridized carbons (Fsp3) is 0.421. The molecule has 0 saturated heterocycles. The molecule has 1 aromatic carbocycles. The zero-order valence-corrected chi connectivity index (χ0v) is 14.7. The molecular weight excluding hydrogens is 322 g/mol. The predicted octanol–water partition coefficient (Wildman–Crippen LogP) is 3.32. The number of methoxy groups -OCH3 is 1. The van der Waals surface area contributed by atoms with Crippen molar-refractivity contribution in [2.75, 3.05) is 20.3 Å². The number of hydrogen-bond donors (Lipinski definition) is 1. The highest BCUT2D eigenvalue weighted by molar-refractivity contribution is 5.87. The minimum Gasteiger partial charge on any atom is -0.486 e. The molecule has 134 valence electrons. The second-order valence-corrected chi connectivity index (χ2v) is 6.27. The molecule has 0 spiro atoms. The lowest BCUT2D eigenvalue weighted by atomic mass is 9.95. The lowest BCUT2D eigenvalue weighted by molar-refractivity contribution is 0.0563. The van der Waals surface area contributed by atoms with E-state index in [0.29, 0.717) is 25.7 Å². The van der Waals surface area contributed by atoms with Gasteiger partial charge in [0.05, 0.1) is 13.4 Å². The van der Waals surface area contributed by atoms with Gasteiger partial charge in [-0.15, -0.1) is 0 Å². The Morgan fingerprint density at radius 2 is 1.96 bits per heavy atom. The fourth-order valence-electron chi connectivity index (χ4n) is 2.96. The van der Waals surface area contributed by atoms with Crippen LogP contribution in [0.2, 0.25) is 0 Å². The first-order valence-electron chi connectivity index (χ1n) is 8.37. The van der Waals surface area contributed by atoms with Crippen molar-refractivity contribution in [1.29, 1.82) is 0 Å². The number of furan rings is 1. The molecule has 2 aromatic rings. The van der Waals surface area contributed by atoms with E-state index in [4.69, 9.17) is 18.6 Å². The summed E-state index contributed by atoms with van der Waals surface area (Å²) < 4.78 is 21.2. The van der Waals surface area contributed by atoms with Crippen LogP contribution < -0.4 is 14.8 Å². The van der Waals surface area contributed by atoms with Gasteiger partial charge in [-0.1, -0.05) is 19.9 Å². The number of nitrogens with one attached hydrogen (secondary N) is 1. The number of esters is 1. The molecule has 0 radical (unpaired) electrons. The van der Waals surface area contributed by atoms with Crippen LogP contribution in [-0.2, 0) is 11.3 Å². The van der Waals surface area contributed by atoms with Gasteiger partial charge < -0.3 is 23.9 Å². The zero-order valence-electron chi connectivity index (χ0n) is 14.7. The second-order valence-electron chi connectivity index (χ2n) is 6.27. The highest BCUT2D eigenvalue weighted by Crippen LogP contribution is 2.34. The summed E-state index contributed by atoms with van der Waals surface area (Å²) in [5, 5.41) is 3.50. The van der Waals surface area contributed by atoms with Gasteiger partial charge in [-0.25, -0.2) is 4.79 Å². The first-order chi connectivity index (χ1) is 12.1. The average Bonchev–Trinajstić information content (AvgIpc) is 3.09. The van der Waals surface area contributed by atoms with E-state index < -0.39 is 5.97 Å². The Morgan fingerprint density at radius 3 is 2.68 bits per heavy atom. The van der Waals surface area contributed by atoms with Gasteiger partial charge in [0.2, 0.25) is 5.76 Å². The van der Waals surface area contributed by atoms with E-state index >= 15 is 0 Å². The summed E-state index contributed by atoms with van der Waals surface area (Å²) in [6.07, 6.45) is 1.50. The summed E-state index contributed by atoms with van der Waals surface area (Å²) in [7, 11) is 1.34. The predicted molar refractivity (Wildman–Crippen MR) is 91.9 cm³/mol. The van der Waals surface area contributed by atoms with E-state index in [2.05, 4.69) is 19.2 Å². The molecule has 3 rings (SSSR count). The van der Waals surface area contributed by atoms with Crippen molar-refractivity contribution in [1.82, 2.24) is 5.32 Å². The van der Waals surface area contributed by atoms with Crippen LogP contribution in [0.25, 0.3) is 0 Å². The van der Waals surface area contributed by atoms with Crippen molar-refractivity contribution in [3.8, 4) is 11.5 Å². The van der Waals surface area contributed by atoms with E-state index in [1.54, 1.807) is 6.07 Å². The van der Waals surface area contributed by atoms with Crippen molar-refractivity contribution in [3.63, 3.8) is 0 Å². The van der Waals surface area contributed by atoms with Gasteiger partial charge in [0, 0.05) is 18.2 Å². The van der Waals surface area contributed by atoms with E-state index in [1.165, 1.54) is 13.4 Å². The summed E-state index contributed by atoms with van der Waals surface area (Å²) in [6.45, 7) is 5.93. The van der Waals surface area contributed by atoms with E-state index in [0.717, 1.165) is 22.6 Å². The van der Waals surface area contributed by atoms with Gasteiger partial charge in [-0.3, -0.25) is 0 Å². The number of carbonyl (C=O) groups excluding carboxylic acids is 1. The Balaban J connectivity index is 1.76. The highest BCUT2D eigenvalue weighted by Gasteiger charge is 2.21. The van der Waals surface area contributed by atoms with Crippen LogP contribution >= 0.6 is 0 Å². The van der Waals surface area contributed by atoms with Gasteiger partial charge in [0.25, 0.3) is 0 Å². The molecule has 1 unspecified atom stereocenters. The van der Waals surface area contributed by atoms with Gasteiger partial charge in [0.1, 0.15) is 13.2 Å². The van der Waals surface area contributed by atoms with E-state index in [1.807, 2.05) is 18.2 Å². The lowest BCUT2D eigenvalue weighted by Crippen LogP contribution is -2.26. The molecule has 25 heavy (non-hydrogen) atoms. The monoisotopic (exact) mass is 345 g/mol. The Morgan fingerprint density at radius 1 is 1.20 bits per heavy atom. The Hall–Kier alpha value is -2.47. The maximum atomic E-state index is 11.7. The number of benzene rings is 1. The van der Waals surface area contributed by atoms with Crippen molar-refractivity contribution >= 4 is 5.97 Å². The van der Waals surface area contributed by atoms with Crippen LogP contribution in [0.5, 0.6) is 11.5 Å². The summed E-state index contributed by atoms with van der Waals surface area (Å²) in [5.41, 5.74) is 1.89. The van der Waals surface area contributed by atoms with E-state index in [-0.39, 0.29) is 11.8 Å². The van der Waals surface area contributed by atoms with Gasteiger partial charge in [0.15, 0.2) is 11.5 Å². The maximum Gasteiger partial charge on any atom is 0.374 e. The molecule has 0 aliphatic carbocycles. The fourth-order valence-corrected chi connectivity index (χ4v) is 2.96. The molecule has 6 heteroatoms. The van der Waals surface area contributed by atoms with Gasteiger partial charge in [-0.05, 0) is 29.7 Å². The zero-order chi connectivity index (χ0) is 17.8. The van der Waals surface area contributed by atoms with Crippen molar-refractivity contribution in [3.05, 3.63) is 47.4 Å². The number of fused-ring (bicyclic) bond motifs is 1. The van der Waals surface area contributed by atoms with Gasteiger partial charge >= 0.3 is 5.97 Å². The molecule has 2 heterocycles. The van der Waals surface area contributed by atoms with Crippen LogP contribution in [0.4, 0.5) is 0 Å².